The van der Waals surface area contributed by atoms with E-state index < -0.39 is 0 Å². The van der Waals surface area contributed by atoms with Gasteiger partial charge in [-0.05, 0) is 55.3 Å². The van der Waals surface area contributed by atoms with Crippen LogP contribution < -0.4 is 4.90 Å². The lowest BCUT2D eigenvalue weighted by Gasteiger charge is -2.17. The van der Waals surface area contributed by atoms with Crippen LogP contribution in [-0.4, -0.2) is 29.4 Å². The van der Waals surface area contributed by atoms with Crippen LogP contribution in [0.1, 0.15) is 28.4 Å². The number of esters is 1. The maximum absolute atomic E-state index is 13.1. The molecule has 0 spiro atoms. The fourth-order valence-corrected chi connectivity index (χ4v) is 3.56. The third-order valence-corrected chi connectivity index (χ3v) is 5.21. The minimum Gasteiger partial charge on any atom is -0.462 e. The summed E-state index contributed by atoms with van der Waals surface area (Å²) < 4.78 is 5.02. The van der Waals surface area contributed by atoms with E-state index in [1.54, 1.807) is 48.2 Å². The van der Waals surface area contributed by atoms with Crippen LogP contribution >= 0.6 is 11.8 Å². The van der Waals surface area contributed by atoms with Gasteiger partial charge in [-0.25, -0.2) is 9.79 Å². The molecule has 3 rings (SSSR count). The Hall–Kier alpha value is -3.12. The lowest BCUT2D eigenvalue weighted by atomic mass is 10.1. The van der Waals surface area contributed by atoms with Crippen LogP contribution in [0.2, 0.25) is 0 Å². The summed E-state index contributed by atoms with van der Waals surface area (Å²) in [5.74, 6) is 0.0341. The predicted octanol–water partition coefficient (Wildman–Crippen LogP) is 4.83. The van der Waals surface area contributed by atoms with Crippen molar-refractivity contribution in [1.82, 2.24) is 0 Å². The number of rotatable bonds is 6. The Bertz CT molecular complexity index is 993. The van der Waals surface area contributed by atoms with Crippen LogP contribution in [0.4, 0.5) is 5.69 Å². The maximum Gasteiger partial charge on any atom is 0.338 e. The summed E-state index contributed by atoms with van der Waals surface area (Å²) in [5.41, 5.74) is 3.48. The van der Waals surface area contributed by atoms with Crippen LogP contribution in [0.5, 0.6) is 0 Å². The number of aliphatic imine (C=N–C) groups is 1. The van der Waals surface area contributed by atoms with Gasteiger partial charge >= 0.3 is 5.97 Å². The van der Waals surface area contributed by atoms with E-state index in [4.69, 9.17) is 4.74 Å². The first kappa shape index (κ1) is 20.6. The molecule has 2 aromatic rings. The van der Waals surface area contributed by atoms with Crippen molar-refractivity contribution in [1.29, 1.82) is 0 Å². The van der Waals surface area contributed by atoms with E-state index in [9.17, 15) is 9.59 Å². The van der Waals surface area contributed by atoms with Gasteiger partial charge in [-0.1, -0.05) is 42.1 Å². The van der Waals surface area contributed by atoms with Gasteiger partial charge in [0.1, 0.15) is 5.70 Å². The number of carbonyl (C=O) groups excluding carboxylic acids is 2. The second kappa shape index (κ2) is 9.39. The molecule has 29 heavy (non-hydrogen) atoms. The monoisotopic (exact) mass is 406 g/mol. The van der Waals surface area contributed by atoms with Gasteiger partial charge in [-0.3, -0.25) is 9.69 Å². The first-order valence-electron chi connectivity index (χ1n) is 9.26. The number of benzene rings is 2. The van der Waals surface area contributed by atoms with E-state index >= 15 is 0 Å². The molecule has 1 amide bonds. The van der Waals surface area contributed by atoms with Crippen molar-refractivity contribution < 1.29 is 14.3 Å². The Morgan fingerprint density at radius 1 is 1.21 bits per heavy atom. The van der Waals surface area contributed by atoms with Crippen molar-refractivity contribution in [2.24, 2.45) is 4.99 Å². The van der Waals surface area contributed by atoms with Crippen molar-refractivity contribution in [3.8, 4) is 0 Å². The standard InChI is InChI=1S/C23H22N2O3S/c1-4-14-29-23-24-20(15-18-9-7-6-8-16(18)3)21(26)25(23)19-12-10-17(11-13-19)22(27)28-5-2/h4,6-13,15H,1,5,14H2,2-3H3/b20-15-. The summed E-state index contributed by atoms with van der Waals surface area (Å²) in [4.78, 5) is 31.1. The highest BCUT2D eigenvalue weighted by Crippen LogP contribution is 2.30. The van der Waals surface area contributed by atoms with Crippen LogP contribution in [-0.2, 0) is 9.53 Å². The van der Waals surface area contributed by atoms with Crippen LogP contribution in [0.3, 0.4) is 0 Å². The fraction of sp³-hybridized carbons (Fsp3) is 0.174. The molecule has 5 nitrogen and oxygen atoms in total. The SMILES string of the molecule is C=CCSC1=N/C(=C\c2ccccc2C)C(=O)N1c1ccc(C(=O)OCC)cc1. The number of aryl methyl sites for hydroxylation is 1. The van der Waals surface area contributed by atoms with Gasteiger partial charge in [0.15, 0.2) is 5.17 Å². The lowest BCUT2D eigenvalue weighted by Crippen LogP contribution is -2.30. The molecule has 0 bridgehead atoms. The molecule has 148 valence electrons. The van der Waals surface area contributed by atoms with Gasteiger partial charge in [-0.2, -0.15) is 0 Å². The van der Waals surface area contributed by atoms with E-state index in [1.165, 1.54) is 11.8 Å². The topological polar surface area (TPSA) is 59.0 Å². The molecule has 0 unspecified atom stereocenters. The zero-order chi connectivity index (χ0) is 20.8. The smallest absolute Gasteiger partial charge is 0.338 e. The Labute approximate surface area is 174 Å². The van der Waals surface area contributed by atoms with E-state index in [-0.39, 0.29) is 11.9 Å². The zero-order valence-electron chi connectivity index (χ0n) is 16.4. The Morgan fingerprint density at radius 2 is 1.93 bits per heavy atom. The molecule has 0 atom stereocenters. The molecule has 1 heterocycles. The molecule has 1 aliphatic heterocycles. The minimum absolute atomic E-state index is 0.205. The summed E-state index contributed by atoms with van der Waals surface area (Å²) in [7, 11) is 0. The number of amidine groups is 1. The molecule has 0 aromatic heterocycles. The van der Waals surface area contributed by atoms with Gasteiger partial charge in [-0.15, -0.1) is 6.58 Å². The summed E-state index contributed by atoms with van der Waals surface area (Å²) in [6, 6.07) is 14.6. The van der Waals surface area contributed by atoms with Crippen molar-refractivity contribution in [2.75, 3.05) is 17.3 Å². The Balaban J connectivity index is 1.94. The van der Waals surface area contributed by atoms with E-state index in [0.29, 0.717) is 34.5 Å². The summed E-state index contributed by atoms with van der Waals surface area (Å²) in [6.45, 7) is 7.81. The second-order valence-electron chi connectivity index (χ2n) is 6.29. The molecule has 0 fully saturated rings. The molecular weight excluding hydrogens is 384 g/mol. The third kappa shape index (κ3) is 4.66. The van der Waals surface area contributed by atoms with Gasteiger partial charge in [0.05, 0.1) is 17.9 Å². The largest absolute Gasteiger partial charge is 0.462 e. The van der Waals surface area contributed by atoms with Crippen LogP contribution in [0, 0.1) is 6.92 Å². The molecule has 1 aliphatic rings. The molecule has 2 aromatic carbocycles. The first-order chi connectivity index (χ1) is 14.0. The first-order valence-corrected chi connectivity index (χ1v) is 10.2. The van der Waals surface area contributed by atoms with Crippen molar-refractivity contribution in [3.63, 3.8) is 0 Å². The van der Waals surface area contributed by atoms with Gasteiger partial charge in [0.25, 0.3) is 5.91 Å². The fourth-order valence-electron chi connectivity index (χ4n) is 2.81. The lowest BCUT2D eigenvalue weighted by molar-refractivity contribution is -0.113. The summed E-state index contributed by atoms with van der Waals surface area (Å²) in [5, 5.41) is 0.582. The molecule has 0 N–H and O–H groups in total. The van der Waals surface area contributed by atoms with Crippen molar-refractivity contribution >= 4 is 40.6 Å². The minimum atomic E-state index is -0.387. The second-order valence-corrected chi connectivity index (χ2v) is 7.28. The normalized spacial score (nSPS) is 14.8. The molecule has 0 radical (unpaired) electrons. The number of thioether (sulfide) groups is 1. The highest BCUT2D eigenvalue weighted by molar-refractivity contribution is 8.14. The number of anilines is 1. The van der Waals surface area contributed by atoms with Gasteiger partial charge in [0, 0.05) is 5.75 Å². The average Bonchev–Trinajstić information content (AvgIpc) is 3.03. The third-order valence-electron chi connectivity index (χ3n) is 4.28. The van der Waals surface area contributed by atoms with E-state index in [2.05, 4.69) is 11.6 Å². The molecule has 0 saturated carbocycles. The number of carbonyl (C=O) groups is 2. The Kier molecular flexibility index (Phi) is 6.67. The zero-order valence-corrected chi connectivity index (χ0v) is 17.2. The molecule has 6 heteroatoms. The number of hydrogen-bond acceptors (Lipinski definition) is 5. The predicted molar refractivity (Wildman–Crippen MR) is 119 cm³/mol. The number of hydrogen-bond donors (Lipinski definition) is 0. The molecule has 0 saturated heterocycles. The summed E-state index contributed by atoms with van der Waals surface area (Å²) >= 11 is 1.43. The quantitative estimate of drug-likeness (QED) is 0.391. The van der Waals surface area contributed by atoms with Crippen LogP contribution in [0.15, 0.2) is 71.9 Å². The summed E-state index contributed by atoms with van der Waals surface area (Å²) in [6.07, 6.45) is 3.57. The highest BCUT2D eigenvalue weighted by atomic mass is 32.2. The van der Waals surface area contributed by atoms with E-state index in [1.807, 2.05) is 31.2 Å². The number of ether oxygens (including phenoxy) is 1. The number of amides is 1. The van der Waals surface area contributed by atoms with Gasteiger partial charge < -0.3 is 4.74 Å². The van der Waals surface area contributed by atoms with E-state index in [0.717, 1.165) is 11.1 Å². The van der Waals surface area contributed by atoms with Crippen molar-refractivity contribution in [3.05, 3.63) is 83.6 Å². The number of nitrogens with zero attached hydrogens (tertiary/aromatic N) is 2. The molecular formula is C23H22N2O3S. The average molecular weight is 407 g/mol. The van der Waals surface area contributed by atoms with Crippen LogP contribution in [0.25, 0.3) is 6.08 Å². The Morgan fingerprint density at radius 3 is 2.59 bits per heavy atom. The maximum atomic E-state index is 13.1. The highest BCUT2D eigenvalue weighted by Gasteiger charge is 2.32. The van der Waals surface area contributed by atoms with Crippen molar-refractivity contribution in [2.45, 2.75) is 13.8 Å². The van der Waals surface area contributed by atoms with Gasteiger partial charge in [0.2, 0.25) is 0 Å². The molecule has 0 aliphatic carbocycles.